The van der Waals surface area contributed by atoms with Gasteiger partial charge in [-0.05, 0) is 51.7 Å². The number of rotatable bonds is 3. The first-order chi connectivity index (χ1) is 10.3. The van der Waals surface area contributed by atoms with Crippen molar-refractivity contribution in [2.75, 3.05) is 7.11 Å². The summed E-state index contributed by atoms with van der Waals surface area (Å²) < 4.78 is 5.23. The fourth-order valence-electron chi connectivity index (χ4n) is 2.33. The zero-order chi connectivity index (χ0) is 14.7. The summed E-state index contributed by atoms with van der Waals surface area (Å²) in [5.41, 5.74) is 11.2. The summed E-state index contributed by atoms with van der Waals surface area (Å²) in [4.78, 5) is 2.82. The van der Waals surface area contributed by atoms with E-state index in [4.69, 9.17) is 10.3 Å². The predicted molar refractivity (Wildman–Crippen MR) is 84.7 cm³/mol. The van der Waals surface area contributed by atoms with Crippen molar-refractivity contribution in [1.82, 2.24) is 0 Å². The first kappa shape index (κ1) is 13.0. The Balaban J connectivity index is 2.08. The summed E-state index contributed by atoms with van der Waals surface area (Å²) in [6, 6.07) is 19.8. The summed E-state index contributed by atoms with van der Waals surface area (Å²) in [6.45, 7) is 0. The molecular weight excluding hydrogens is 262 g/mol. The fourth-order valence-corrected chi connectivity index (χ4v) is 2.33. The molecule has 0 saturated carbocycles. The molecule has 0 N–H and O–H groups in total. The molecule has 3 aromatic carbocycles. The molecule has 0 radical (unpaired) electrons. The molecule has 4 nitrogen and oxygen atoms in total. The maximum Gasteiger partial charge on any atom is 0.119 e. The van der Waals surface area contributed by atoms with Gasteiger partial charge < -0.3 is 4.74 Å². The Kier molecular flexibility index (Phi) is 3.46. The van der Waals surface area contributed by atoms with E-state index < -0.39 is 0 Å². The molecule has 0 aromatic heterocycles. The van der Waals surface area contributed by atoms with Gasteiger partial charge in [0.25, 0.3) is 0 Å². The molecule has 0 unspecified atom stereocenters. The van der Waals surface area contributed by atoms with Crippen molar-refractivity contribution < 1.29 is 4.74 Å². The molecule has 0 saturated heterocycles. The number of hydrogen-bond acceptors (Lipinski definition) is 2. The van der Waals surface area contributed by atoms with Crippen LogP contribution in [0.4, 0.5) is 5.69 Å². The average molecular weight is 275 g/mol. The van der Waals surface area contributed by atoms with Crippen LogP contribution in [0.15, 0.2) is 65.8 Å². The normalized spacial score (nSPS) is 10.1. The summed E-state index contributed by atoms with van der Waals surface area (Å²) >= 11 is 0. The van der Waals surface area contributed by atoms with Gasteiger partial charge in [-0.15, -0.1) is 0 Å². The molecule has 3 rings (SSSR count). The second kappa shape index (κ2) is 5.57. The summed E-state index contributed by atoms with van der Waals surface area (Å²) in [6.07, 6.45) is 0. The highest BCUT2D eigenvalue weighted by atomic mass is 16.5. The fraction of sp³-hybridized carbons (Fsp3) is 0.0588. The molecule has 4 heteroatoms. The molecule has 21 heavy (non-hydrogen) atoms. The van der Waals surface area contributed by atoms with Crippen molar-refractivity contribution in [3.8, 4) is 16.9 Å². The van der Waals surface area contributed by atoms with Crippen molar-refractivity contribution in [1.29, 1.82) is 0 Å². The molecular formula is C17H13N3O. The van der Waals surface area contributed by atoms with Crippen molar-refractivity contribution >= 4 is 16.5 Å². The Morgan fingerprint density at radius 2 is 1.67 bits per heavy atom. The molecule has 3 aromatic rings. The zero-order valence-corrected chi connectivity index (χ0v) is 11.5. The van der Waals surface area contributed by atoms with Crippen molar-refractivity contribution in [2.24, 2.45) is 5.11 Å². The zero-order valence-electron chi connectivity index (χ0n) is 11.5. The Morgan fingerprint density at radius 3 is 2.48 bits per heavy atom. The van der Waals surface area contributed by atoms with Gasteiger partial charge in [0, 0.05) is 10.6 Å². The van der Waals surface area contributed by atoms with Crippen LogP contribution in [0, 0.1) is 0 Å². The first-order valence-corrected chi connectivity index (χ1v) is 6.53. The van der Waals surface area contributed by atoms with Crippen LogP contribution in [0.1, 0.15) is 0 Å². The standard InChI is InChI=1S/C17H13N3O/c1-21-17-8-7-14-9-13(5-6-15(14)11-17)12-3-2-4-16(10-12)19-20-18/h2-11H,1H3. The lowest BCUT2D eigenvalue weighted by atomic mass is 10.0. The van der Waals surface area contributed by atoms with Crippen molar-refractivity contribution in [2.45, 2.75) is 0 Å². The number of ether oxygens (including phenoxy) is 1. The Morgan fingerprint density at radius 1 is 0.905 bits per heavy atom. The number of nitrogens with zero attached hydrogens (tertiary/aromatic N) is 3. The van der Waals surface area contributed by atoms with E-state index in [0.717, 1.165) is 27.6 Å². The van der Waals surface area contributed by atoms with Crippen LogP contribution in [-0.2, 0) is 0 Å². The van der Waals surface area contributed by atoms with Crippen LogP contribution < -0.4 is 4.74 Å². The third-order valence-corrected chi connectivity index (χ3v) is 3.39. The van der Waals surface area contributed by atoms with Crippen LogP contribution in [0.25, 0.3) is 32.3 Å². The van der Waals surface area contributed by atoms with E-state index in [9.17, 15) is 0 Å². The predicted octanol–water partition coefficient (Wildman–Crippen LogP) is 5.46. The van der Waals surface area contributed by atoms with Gasteiger partial charge in [-0.2, -0.15) is 0 Å². The minimum absolute atomic E-state index is 0.616. The Bertz CT molecular complexity index is 852. The Labute approximate surface area is 122 Å². The first-order valence-electron chi connectivity index (χ1n) is 6.53. The molecule has 0 aliphatic heterocycles. The van der Waals surface area contributed by atoms with Gasteiger partial charge in [0.2, 0.25) is 0 Å². The largest absolute Gasteiger partial charge is 0.497 e. The van der Waals surface area contributed by atoms with E-state index in [2.05, 4.69) is 28.2 Å². The minimum Gasteiger partial charge on any atom is -0.497 e. The Hall–Kier alpha value is -2.97. The molecule has 0 amide bonds. The number of methoxy groups -OCH3 is 1. The molecule has 0 spiro atoms. The lowest BCUT2D eigenvalue weighted by Crippen LogP contribution is -1.83. The summed E-state index contributed by atoms with van der Waals surface area (Å²) in [5.74, 6) is 0.848. The highest BCUT2D eigenvalue weighted by Gasteiger charge is 2.02. The maximum atomic E-state index is 8.52. The smallest absolute Gasteiger partial charge is 0.119 e. The number of hydrogen-bond donors (Lipinski definition) is 0. The lowest BCUT2D eigenvalue weighted by Gasteiger charge is -2.06. The van der Waals surface area contributed by atoms with Crippen LogP contribution in [0.5, 0.6) is 5.75 Å². The SMILES string of the molecule is COc1ccc2cc(-c3cccc(N=[N+]=[N-])c3)ccc2c1. The van der Waals surface area contributed by atoms with Gasteiger partial charge in [0.05, 0.1) is 7.11 Å². The molecule has 102 valence electrons. The van der Waals surface area contributed by atoms with Gasteiger partial charge in [0.15, 0.2) is 0 Å². The molecule has 0 aliphatic rings. The number of azide groups is 1. The van der Waals surface area contributed by atoms with Crippen molar-refractivity contribution in [3.05, 3.63) is 71.1 Å². The molecule has 0 aliphatic carbocycles. The van der Waals surface area contributed by atoms with E-state index in [1.54, 1.807) is 13.2 Å². The van der Waals surface area contributed by atoms with E-state index in [1.807, 2.05) is 36.4 Å². The highest BCUT2D eigenvalue weighted by molar-refractivity contribution is 5.88. The van der Waals surface area contributed by atoms with Gasteiger partial charge in [-0.25, -0.2) is 0 Å². The van der Waals surface area contributed by atoms with Crippen molar-refractivity contribution in [3.63, 3.8) is 0 Å². The minimum atomic E-state index is 0.616. The monoisotopic (exact) mass is 275 g/mol. The number of fused-ring (bicyclic) bond motifs is 1. The second-order valence-corrected chi connectivity index (χ2v) is 4.67. The maximum absolute atomic E-state index is 8.52. The van der Waals surface area contributed by atoms with E-state index in [1.165, 1.54) is 0 Å². The molecule has 0 atom stereocenters. The van der Waals surface area contributed by atoms with Gasteiger partial charge >= 0.3 is 0 Å². The second-order valence-electron chi connectivity index (χ2n) is 4.67. The van der Waals surface area contributed by atoms with Gasteiger partial charge in [-0.3, -0.25) is 0 Å². The average Bonchev–Trinajstić information content (AvgIpc) is 2.54. The third-order valence-electron chi connectivity index (χ3n) is 3.39. The third kappa shape index (κ3) is 2.66. The van der Waals surface area contributed by atoms with E-state index >= 15 is 0 Å². The quantitative estimate of drug-likeness (QED) is 0.356. The number of benzene rings is 3. The molecule has 0 heterocycles. The van der Waals surface area contributed by atoms with Gasteiger partial charge in [-0.1, -0.05) is 41.5 Å². The van der Waals surface area contributed by atoms with Gasteiger partial charge in [0.1, 0.15) is 5.75 Å². The summed E-state index contributed by atoms with van der Waals surface area (Å²) in [5, 5.41) is 5.91. The van der Waals surface area contributed by atoms with Crippen LogP contribution in [0.3, 0.4) is 0 Å². The summed E-state index contributed by atoms with van der Waals surface area (Å²) in [7, 11) is 1.66. The van der Waals surface area contributed by atoms with E-state index in [0.29, 0.717) is 5.69 Å². The van der Waals surface area contributed by atoms with Crippen LogP contribution in [0.2, 0.25) is 0 Å². The van der Waals surface area contributed by atoms with Crippen LogP contribution >= 0.6 is 0 Å². The molecule has 0 bridgehead atoms. The van der Waals surface area contributed by atoms with Crippen LogP contribution in [-0.4, -0.2) is 7.11 Å². The highest BCUT2D eigenvalue weighted by Crippen LogP contribution is 2.29. The lowest BCUT2D eigenvalue weighted by molar-refractivity contribution is 0.415. The van der Waals surface area contributed by atoms with E-state index in [-0.39, 0.29) is 0 Å². The topological polar surface area (TPSA) is 58.0 Å². The molecule has 0 fully saturated rings.